The van der Waals surface area contributed by atoms with Gasteiger partial charge in [0.1, 0.15) is 0 Å². The fourth-order valence-electron chi connectivity index (χ4n) is 2.10. The van der Waals surface area contributed by atoms with E-state index in [4.69, 9.17) is 16.7 Å². The third-order valence-electron chi connectivity index (χ3n) is 3.32. The summed E-state index contributed by atoms with van der Waals surface area (Å²) in [6, 6.07) is 5.28. The maximum atomic E-state index is 12.3. The van der Waals surface area contributed by atoms with Crippen molar-refractivity contribution in [2.24, 2.45) is 11.0 Å². The van der Waals surface area contributed by atoms with Crippen LogP contribution in [0.25, 0.3) is 0 Å². The highest BCUT2D eigenvalue weighted by Gasteiger charge is 2.34. The maximum absolute atomic E-state index is 12.3. The van der Waals surface area contributed by atoms with Crippen molar-refractivity contribution in [2.45, 2.75) is 26.7 Å². The molecule has 1 unspecified atom stereocenters. The molecule has 0 radical (unpaired) electrons. The number of carbonyl (C=O) groups excluding carboxylic acids is 1. The van der Waals surface area contributed by atoms with Crippen LogP contribution in [0.1, 0.15) is 25.3 Å². The molecular formula is C14H15ClN2O3. The maximum Gasteiger partial charge on any atom is 0.303 e. The molecule has 1 atom stereocenters. The van der Waals surface area contributed by atoms with Gasteiger partial charge in [-0.3, -0.25) is 9.59 Å². The van der Waals surface area contributed by atoms with Crippen molar-refractivity contribution in [2.75, 3.05) is 5.01 Å². The smallest absolute Gasteiger partial charge is 0.303 e. The van der Waals surface area contributed by atoms with Crippen LogP contribution in [0.4, 0.5) is 5.69 Å². The van der Waals surface area contributed by atoms with Crippen LogP contribution in [0.15, 0.2) is 23.3 Å². The Kier molecular flexibility index (Phi) is 4.09. The molecule has 1 aliphatic rings. The van der Waals surface area contributed by atoms with Crippen molar-refractivity contribution < 1.29 is 14.7 Å². The van der Waals surface area contributed by atoms with Crippen molar-refractivity contribution in [3.05, 3.63) is 28.8 Å². The molecule has 1 aromatic carbocycles. The van der Waals surface area contributed by atoms with E-state index < -0.39 is 11.9 Å². The molecule has 0 aliphatic carbocycles. The summed E-state index contributed by atoms with van der Waals surface area (Å²) in [5.74, 6) is -1.59. The van der Waals surface area contributed by atoms with Gasteiger partial charge in [-0.1, -0.05) is 17.7 Å². The lowest BCUT2D eigenvalue weighted by Crippen LogP contribution is -2.27. The number of halogens is 1. The molecule has 106 valence electrons. The first-order chi connectivity index (χ1) is 9.40. The van der Waals surface area contributed by atoms with Gasteiger partial charge >= 0.3 is 5.97 Å². The molecule has 0 saturated heterocycles. The van der Waals surface area contributed by atoms with Gasteiger partial charge in [-0.05, 0) is 38.0 Å². The molecule has 1 N–H and O–H groups in total. The Hall–Kier alpha value is -1.88. The minimum absolute atomic E-state index is 0.0498. The number of carboxylic acid groups (broad SMARTS) is 1. The molecule has 1 aliphatic heterocycles. The molecule has 5 nitrogen and oxygen atoms in total. The lowest BCUT2D eigenvalue weighted by Gasteiger charge is -2.14. The van der Waals surface area contributed by atoms with Crippen LogP contribution in [0.2, 0.25) is 5.02 Å². The largest absolute Gasteiger partial charge is 0.481 e. The van der Waals surface area contributed by atoms with Crippen molar-refractivity contribution >= 4 is 34.9 Å². The summed E-state index contributed by atoms with van der Waals surface area (Å²) < 4.78 is 0. The van der Waals surface area contributed by atoms with Gasteiger partial charge in [-0.25, -0.2) is 5.01 Å². The van der Waals surface area contributed by atoms with E-state index in [0.29, 0.717) is 16.4 Å². The Morgan fingerprint density at radius 3 is 2.75 bits per heavy atom. The Labute approximate surface area is 121 Å². The van der Waals surface area contributed by atoms with Gasteiger partial charge in [-0.15, -0.1) is 0 Å². The number of carbonyl (C=O) groups is 2. The fourth-order valence-corrected chi connectivity index (χ4v) is 2.28. The standard InChI is InChI=1S/C14H15ClN2O3/c1-8-3-4-10(7-12(8)15)17-14(20)11(9(2)16-17)5-6-13(18)19/h3-4,7,11H,5-6H2,1-2H3,(H,18,19). The molecule has 0 saturated carbocycles. The van der Waals surface area contributed by atoms with Crippen LogP contribution in [-0.4, -0.2) is 22.7 Å². The van der Waals surface area contributed by atoms with Crippen LogP contribution in [-0.2, 0) is 9.59 Å². The number of hydrazone groups is 1. The second-order valence-electron chi connectivity index (χ2n) is 4.81. The summed E-state index contributed by atoms with van der Waals surface area (Å²) in [7, 11) is 0. The number of hydrogen-bond donors (Lipinski definition) is 1. The van der Waals surface area contributed by atoms with E-state index in [1.807, 2.05) is 13.0 Å². The number of amides is 1. The van der Waals surface area contributed by atoms with Crippen LogP contribution < -0.4 is 5.01 Å². The molecule has 0 bridgehead atoms. The van der Waals surface area contributed by atoms with Gasteiger partial charge < -0.3 is 5.11 Å². The predicted molar refractivity (Wildman–Crippen MR) is 77.1 cm³/mol. The highest BCUT2D eigenvalue weighted by atomic mass is 35.5. The number of aliphatic carboxylic acids is 1. The number of carboxylic acids is 1. The predicted octanol–water partition coefficient (Wildman–Crippen LogP) is 2.85. The van der Waals surface area contributed by atoms with E-state index in [0.717, 1.165) is 5.56 Å². The van der Waals surface area contributed by atoms with Crippen LogP contribution >= 0.6 is 11.6 Å². The topological polar surface area (TPSA) is 70.0 Å². The lowest BCUT2D eigenvalue weighted by atomic mass is 9.98. The van der Waals surface area contributed by atoms with E-state index in [9.17, 15) is 9.59 Å². The number of benzene rings is 1. The molecule has 1 aromatic rings. The molecule has 1 amide bonds. The summed E-state index contributed by atoms with van der Waals surface area (Å²) in [6.45, 7) is 3.61. The Balaban J connectivity index is 2.20. The normalized spacial score (nSPS) is 18.4. The lowest BCUT2D eigenvalue weighted by molar-refractivity contribution is -0.137. The molecular weight excluding hydrogens is 280 g/mol. The Bertz CT molecular complexity index is 598. The van der Waals surface area contributed by atoms with Crippen LogP contribution in [0.3, 0.4) is 0 Å². The van der Waals surface area contributed by atoms with E-state index in [1.165, 1.54) is 5.01 Å². The molecule has 1 heterocycles. The second-order valence-corrected chi connectivity index (χ2v) is 5.22. The third kappa shape index (κ3) is 2.82. The number of anilines is 1. The second kappa shape index (κ2) is 5.63. The molecule has 6 heteroatoms. The van der Waals surface area contributed by atoms with Crippen LogP contribution in [0.5, 0.6) is 0 Å². The monoisotopic (exact) mass is 294 g/mol. The number of hydrogen-bond acceptors (Lipinski definition) is 3. The third-order valence-corrected chi connectivity index (χ3v) is 3.72. The molecule has 0 fully saturated rings. The van der Waals surface area contributed by atoms with E-state index in [2.05, 4.69) is 5.10 Å². The van der Waals surface area contributed by atoms with Gasteiger partial charge in [0.2, 0.25) is 0 Å². The fraction of sp³-hybridized carbons (Fsp3) is 0.357. The molecule has 0 spiro atoms. The first-order valence-corrected chi connectivity index (χ1v) is 6.65. The zero-order chi connectivity index (χ0) is 14.9. The highest BCUT2D eigenvalue weighted by molar-refractivity contribution is 6.31. The number of nitrogens with zero attached hydrogens (tertiary/aromatic N) is 2. The van der Waals surface area contributed by atoms with E-state index in [-0.39, 0.29) is 18.7 Å². The summed E-state index contributed by atoms with van der Waals surface area (Å²) in [5.41, 5.74) is 2.15. The molecule has 0 aromatic heterocycles. The zero-order valence-electron chi connectivity index (χ0n) is 11.3. The highest BCUT2D eigenvalue weighted by Crippen LogP contribution is 2.29. The number of aryl methyl sites for hydroxylation is 1. The average Bonchev–Trinajstić information content (AvgIpc) is 2.66. The molecule has 20 heavy (non-hydrogen) atoms. The van der Waals surface area contributed by atoms with E-state index in [1.54, 1.807) is 19.1 Å². The van der Waals surface area contributed by atoms with Gasteiger partial charge in [-0.2, -0.15) is 5.10 Å². The molecule has 2 rings (SSSR count). The van der Waals surface area contributed by atoms with Gasteiger partial charge in [0.25, 0.3) is 5.91 Å². The Morgan fingerprint density at radius 1 is 1.45 bits per heavy atom. The van der Waals surface area contributed by atoms with Crippen LogP contribution in [0, 0.1) is 12.8 Å². The van der Waals surface area contributed by atoms with Gasteiger partial charge in [0.05, 0.1) is 11.6 Å². The van der Waals surface area contributed by atoms with E-state index >= 15 is 0 Å². The summed E-state index contributed by atoms with van der Waals surface area (Å²) in [6.07, 6.45) is 0.214. The Morgan fingerprint density at radius 2 is 2.15 bits per heavy atom. The van der Waals surface area contributed by atoms with Crippen molar-refractivity contribution in [3.63, 3.8) is 0 Å². The first-order valence-electron chi connectivity index (χ1n) is 6.27. The average molecular weight is 295 g/mol. The van der Waals surface area contributed by atoms with Crippen molar-refractivity contribution in [1.29, 1.82) is 0 Å². The van der Waals surface area contributed by atoms with Crippen molar-refractivity contribution in [3.8, 4) is 0 Å². The summed E-state index contributed by atoms with van der Waals surface area (Å²) in [5, 5.41) is 14.8. The summed E-state index contributed by atoms with van der Waals surface area (Å²) >= 11 is 6.05. The minimum Gasteiger partial charge on any atom is -0.481 e. The zero-order valence-corrected chi connectivity index (χ0v) is 12.0. The minimum atomic E-state index is -0.914. The van der Waals surface area contributed by atoms with Gasteiger partial charge in [0, 0.05) is 17.2 Å². The van der Waals surface area contributed by atoms with Crippen molar-refractivity contribution in [1.82, 2.24) is 0 Å². The summed E-state index contributed by atoms with van der Waals surface area (Å²) in [4.78, 5) is 22.9. The first kappa shape index (κ1) is 14.5. The number of rotatable bonds is 4. The quantitative estimate of drug-likeness (QED) is 0.928. The van der Waals surface area contributed by atoms with Gasteiger partial charge in [0.15, 0.2) is 0 Å². The SMILES string of the molecule is CC1=NN(c2ccc(C)c(Cl)c2)C(=O)C1CCC(=O)O.